The van der Waals surface area contributed by atoms with Crippen molar-refractivity contribution < 1.29 is 16.8 Å². The second-order valence-corrected chi connectivity index (χ2v) is 11.2. The Morgan fingerprint density at radius 1 is 0.900 bits per heavy atom. The van der Waals surface area contributed by atoms with Gasteiger partial charge in [0.1, 0.15) is 0 Å². The lowest BCUT2D eigenvalue weighted by atomic mass is 10.0. The second-order valence-electron chi connectivity index (χ2n) is 6.38. The van der Waals surface area contributed by atoms with E-state index in [1.165, 1.54) is 0 Å². The van der Waals surface area contributed by atoms with Crippen LogP contribution in [0.3, 0.4) is 0 Å². The molecule has 2 fully saturated rings. The lowest BCUT2D eigenvalue weighted by Gasteiger charge is -2.31. The fraction of sp³-hybridized carbons (Fsp3) is 0.909. The van der Waals surface area contributed by atoms with E-state index in [0.717, 1.165) is 0 Å². The van der Waals surface area contributed by atoms with Crippen molar-refractivity contribution in [3.05, 3.63) is 0 Å². The Morgan fingerprint density at radius 3 is 1.50 bits per heavy atom. The van der Waals surface area contributed by atoms with Crippen molar-refractivity contribution in [2.24, 2.45) is 0 Å². The average Bonchev–Trinajstić information content (AvgIpc) is 2.62. The molecule has 2 heterocycles. The van der Waals surface area contributed by atoms with E-state index in [0.29, 0.717) is 18.0 Å². The van der Waals surface area contributed by atoms with Gasteiger partial charge in [-0.25, -0.2) is 16.8 Å². The van der Waals surface area contributed by atoms with Gasteiger partial charge in [0.05, 0.1) is 34.1 Å². The van der Waals surface area contributed by atoms with Crippen LogP contribution < -0.4 is 10.6 Å². The molecule has 2 saturated heterocycles. The Morgan fingerprint density at radius 2 is 1.25 bits per heavy atom. The summed E-state index contributed by atoms with van der Waals surface area (Å²) >= 11 is 5.21. The molecule has 0 aromatic carbocycles. The molecule has 2 N–H and O–H groups in total. The molecule has 0 amide bonds. The predicted octanol–water partition coefficient (Wildman–Crippen LogP) is -0.395. The fourth-order valence-electron chi connectivity index (χ4n) is 2.80. The standard InChI is InChI=1S/C11H20N2O4S3/c1-10(3-5-19(14,15)7-10)12-9(18)13-11(2)4-6-20(16,17)8-11/h3-8H2,1-2H3,(H2,12,13,18)/t10-,11-/m0/s1. The molecule has 20 heavy (non-hydrogen) atoms. The molecule has 2 aliphatic rings. The minimum atomic E-state index is -3.01. The normalized spacial score (nSPS) is 38.5. The molecule has 2 aliphatic heterocycles. The molecule has 0 aliphatic carbocycles. The topological polar surface area (TPSA) is 92.3 Å². The van der Waals surface area contributed by atoms with Crippen LogP contribution in [0.5, 0.6) is 0 Å². The fourth-order valence-corrected chi connectivity index (χ4v) is 7.48. The first-order valence-electron chi connectivity index (χ1n) is 6.44. The Kier molecular flexibility index (Phi) is 3.84. The van der Waals surface area contributed by atoms with Crippen LogP contribution in [-0.4, -0.2) is 56.0 Å². The van der Waals surface area contributed by atoms with E-state index in [-0.39, 0.29) is 23.0 Å². The molecule has 0 bridgehead atoms. The van der Waals surface area contributed by atoms with Crippen molar-refractivity contribution in [1.29, 1.82) is 0 Å². The van der Waals surface area contributed by atoms with Gasteiger partial charge in [0.15, 0.2) is 24.8 Å². The third-order valence-electron chi connectivity index (χ3n) is 3.84. The van der Waals surface area contributed by atoms with E-state index in [4.69, 9.17) is 12.2 Å². The first-order chi connectivity index (χ1) is 8.93. The summed E-state index contributed by atoms with van der Waals surface area (Å²) in [7, 11) is -6.01. The molecular weight excluding hydrogens is 320 g/mol. The molecule has 0 aromatic rings. The van der Waals surface area contributed by atoms with Crippen molar-refractivity contribution in [2.75, 3.05) is 23.0 Å². The number of rotatable bonds is 2. The van der Waals surface area contributed by atoms with Crippen LogP contribution in [0.2, 0.25) is 0 Å². The monoisotopic (exact) mass is 340 g/mol. The Hall–Kier alpha value is -0.410. The zero-order chi connectivity index (χ0) is 15.2. The molecule has 9 heteroatoms. The minimum Gasteiger partial charge on any atom is -0.357 e. The highest BCUT2D eigenvalue weighted by Gasteiger charge is 2.42. The Bertz CT molecular complexity index is 574. The SMILES string of the molecule is C[C@]1(NC(=S)N[C@@]2(C)CCS(=O)(=O)C2)CCS(=O)(=O)C1. The highest BCUT2D eigenvalue weighted by Crippen LogP contribution is 2.25. The van der Waals surface area contributed by atoms with Crippen LogP contribution in [0.25, 0.3) is 0 Å². The quantitative estimate of drug-likeness (QED) is 0.661. The maximum absolute atomic E-state index is 11.5. The van der Waals surface area contributed by atoms with Crippen LogP contribution >= 0.6 is 12.2 Å². The van der Waals surface area contributed by atoms with Gasteiger partial charge < -0.3 is 10.6 Å². The van der Waals surface area contributed by atoms with Gasteiger partial charge in [-0.1, -0.05) is 0 Å². The summed E-state index contributed by atoms with van der Waals surface area (Å²) in [4.78, 5) is 0. The maximum Gasteiger partial charge on any atom is 0.167 e. The van der Waals surface area contributed by atoms with Gasteiger partial charge in [0.2, 0.25) is 0 Å². The van der Waals surface area contributed by atoms with Gasteiger partial charge >= 0.3 is 0 Å². The molecule has 0 spiro atoms. The zero-order valence-corrected chi connectivity index (χ0v) is 14.0. The summed E-state index contributed by atoms with van der Waals surface area (Å²) in [6.45, 7) is 3.64. The predicted molar refractivity (Wildman–Crippen MR) is 82.2 cm³/mol. The van der Waals surface area contributed by atoms with Crippen LogP contribution in [0.4, 0.5) is 0 Å². The summed E-state index contributed by atoms with van der Waals surface area (Å²) in [5.41, 5.74) is -1.15. The maximum atomic E-state index is 11.5. The van der Waals surface area contributed by atoms with Crippen LogP contribution in [0.15, 0.2) is 0 Å². The number of hydrogen-bond acceptors (Lipinski definition) is 5. The van der Waals surface area contributed by atoms with Gasteiger partial charge in [0.25, 0.3) is 0 Å². The highest BCUT2D eigenvalue weighted by atomic mass is 32.2. The third-order valence-corrected chi connectivity index (χ3v) is 7.85. The smallest absolute Gasteiger partial charge is 0.167 e. The van der Waals surface area contributed by atoms with Crippen molar-refractivity contribution >= 4 is 37.0 Å². The lowest BCUT2D eigenvalue weighted by molar-refractivity contribution is 0.432. The van der Waals surface area contributed by atoms with E-state index < -0.39 is 30.8 Å². The van der Waals surface area contributed by atoms with Crippen molar-refractivity contribution in [3.63, 3.8) is 0 Å². The van der Waals surface area contributed by atoms with Crippen molar-refractivity contribution in [1.82, 2.24) is 10.6 Å². The number of hydrogen-bond donors (Lipinski definition) is 2. The second kappa shape index (κ2) is 4.81. The molecule has 2 atom stereocenters. The molecule has 0 unspecified atom stereocenters. The van der Waals surface area contributed by atoms with Gasteiger partial charge in [-0.15, -0.1) is 0 Å². The third kappa shape index (κ3) is 3.82. The molecule has 2 rings (SSSR count). The summed E-state index contributed by atoms with van der Waals surface area (Å²) in [5.74, 6) is 0.420. The molecule has 0 radical (unpaired) electrons. The largest absolute Gasteiger partial charge is 0.357 e. The average molecular weight is 340 g/mol. The van der Waals surface area contributed by atoms with E-state index >= 15 is 0 Å². The highest BCUT2D eigenvalue weighted by molar-refractivity contribution is 7.92. The summed E-state index contributed by atoms with van der Waals surface area (Å²) < 4.78 is 46.1. The van der Waals surface area contributed by atoms with Crippen molar-refractivity contribution in [3.8, 4) is 0 Å². The molecule has 0 aromatic heterocycles. The molecule has 116 valence electrons. The molecule has 0 saturated carbocycles. The first kappa shape index (κ1) is 16.0. The van der Waals surface area contributed by atoms with Gasteiger partial charge in [-0.2, -0.15) is 0 Å². The number of thiocarbonyl (C=S) groups is 1. The van der Waals surface area contributed by atoms with E-state index in [1.54, 1.807) is 0 Å². The minimum absolute atomic E-state index is 0.0524. The van der Waals surface area contributed by atoms with E-state index in [9.17, 15) is 16.8 Å². The summed E-state index contributed by atoms with van der Waals surface area (Å²) in [6, 6.07) is 0. The molecule has 6 nitrogen and oxygen atoms in total. The first-order valence-corrected chi connectivity index (χ1v) is 10.5. The van der Waals surface area contributed by atoms with Crippen molar-refractivity contribution in [2.45, 2.75) is 37.8 Å². The van der Waals surface area contributed by atoms with E-state index in [1.807, 2.05) is 13.8 Å². The van der Waals surface area contributed by atoms with Crippen LogP contribution in [0.1, 0.15) is 26.7 Å². The van der Waals surface area contributed by atoms with Gasteiger partial charge in [0, 0.05) is 0 Å². The van der Waals surface area contributed by atoms with Gasteiger partial charge in [-0.05, 0) is 38.9 Å². The lowest BCUT2D eigenvalue weighted by Crippen LogP contribution is -2.57. The van der Waals surface area contributed by atoms with E-state index in [2.05, 4.69) is 10.6 Å². The van der Waals surface area contributed by atoms with Gasteiger partial charge in [-0.3, -0.25) is 0 Å². The van der Waals surface area contributed by atoms with Crippen LogP contribution in [-0.2, 0) is 19.7 Å². The Balaban J connectivity index is 1.97. The number of sulfone groups is 2. The summed E-state index contributed by atoms with van der Waals surface area (Å²) in [6.07, 6.45) is 1.01. The van der Waals surface area contributed by atoms with Crippen LogP contribution in [0, 0.1) is 0 Å². The summed E-state index contributed by atoms with van der Waals surface area (Å²) in [5, 5.41) is 6.40. The Labute approximate surface area is 125 Å². The molecular formula is C11H20N2O4S3. The zero-order valence-electron chi connectivity index (χ0n) is 11.6. The number of nitrogens with one attached hydrogen (secondary N) is 2.